The van der Waals surface area contributed by atoms with Crippen LogP contribution in [0.15, 0.2) is 57.7 Å². The van der Waals surface area contributed by atoms with Crippen LogP contribution >= 0.6 is 21.6 Å². The smallest absolute Gasteiger partial charge is 0.190 e. The van der Waals surface area contributed by atoms with Crippen LogP contribution in [0.3, 0.4) is 0 Å². The summed E-state index contributed by atoms with van der Waals surface area (Å²) < 4.78 is 2.29. The maximum Gasteiger partial charge on any atom is 0.190 e. The van der Waals surface area contributed by atoms with E-state index in [-0.39, 0.29) is 101 Å². The van der Waals surface area contributed by atoms with Crippen LogP contribution in [-0.4, -0.2) is 132 Å². The quantitative estimate of drug-likeness (QED) is 0.0386. The Kier molecular flexibility index (Phi) is 14.8. The summed E-state index contributed by atoms with van der Waals surface area (Å²) >= 11 is 0. The molecule has 12 rings (SSSR count). The second-order valence-corrected chi connectivity index (χ2v) is 30.4. The summed E-state index contributed by atoms with van der Waals surface area (Å²) in [7, 11) is 5.43. The summed E-state index contributed by atoms with van der Waals surface area (Å²) in [5.74, 6) is -2.42. The van der Waals surface area contributed by atoms with E-state index >= 15 is 9.90 Å². The molecule has 1 saturated heterocycles. The van der Waals surface area contributed by atoms with Crippen LogP contribution in [-0.2, 0) is 4.79 Å². The SMILES string of the molecule is CNCC1C(O)C(O)CC2(C)C1C(=O)C=C1C2C(CN=C(N)NC(C)O)C2CCC3C4CCCC5=C4C4C(=C6CCCC7(CCCC7)C56)C(C)(C)CC(n5ccnc5)CSSC(CCCO)C5CC(C3C4O)C2(CO)C15O. The van der Waals surface area contributed by atoms with E-state index in [0.29, 0.717) is 43.7 Å². The summed E-state index contributed by atoms with van der Waals surface area (Å²) in [5.41, 5.74) is 9.61. The Balaban J connectivity index is 1.12. The number of allylic oxidation sites excluding steroid dienone is 3. The molecule has 2 heterocycles. The molecule has 1 aliphatic heterocycles. The second-order valence-electron chi connectivity index (χ2n) is 27.8. The number of aliphatic hydroxyl groups excluding tert-OH is 6. The van der Waals surface area contributed by atoms with E-state index in [0.717, 1.165) is 44.3 Å². The van der Waals surface area contributed by atoms with Crippen molar-refractivity contribution in [2.45, 2.75) is 178 Å². The lowest BCUT2D eigenvalue weighted by Gasteiger charge is -2.67. The summed E-state index contributed by atoms with van der Waals surface area (Å²) in [6.07, 6.45) is 19.7. The van der Waals surface area contributed by atoms with Crippen molar-refractivity contribution in [1.29, 1.82) is 0 Å². The lowest BCUT2D eigenvalue weighted by Crippen LogP contribution is -2.71. The van der Waals surface area contributed by atoms with Gasteiger partial charge in [0.1, 0.15) is 6.23 Å². The standard InChI is InChI=1S/C61H92N6O8S2/c1-32(70)66-56(62)65-28-38-40-16-15-35-34-11-8-12-36-47(34)49-53(37-13-9-19-59(50(36)37)17-6-7-18-59)57(2,3)25-33(67-21-20-64-31-67)29-76-77-46(14-10-22-68)41-23-42(48(35)55(49)74)60(40,30-69)61(41,75)43-24-44(71)52-39(27-63-5)54(73)45(72)26-58(52,4)51(38)43/h20-21,24,31-35,38-42,45-46,48-52,54-55,63,68-70,72-75H,6-19,22-23,25-30H2,1-5H3,(H3,62,65,66). The number of nitrogens with zero attached hydrogens (tertiary/aromatic N) is 3. The number of aliphatic hydroxyl groups is 7. The number of ketones is 1. The fourth-order valence-corrected chi connectivity index (χ4v) is 25.3. The van der Waals surface area contributed by atoms with E-state index in [1.807, 2.05) is 23.3 Å². The first-order valence-electron chi connectivity index (χ1n) is 30.3. The molecule has 11 N–H and O–H groups in total. The highest BCUT2D eigenvalue weighted by Gasteiger charge is 2.80. The minimum atomic E-state index is -1.74. The van der Waals surface area contributed by atoms with Crippen LogP contribution in [0.25, 0.3) is 0 Å². The number of carbonyl (C=O) groups excluding carboxylic acids is 1. The molecule has 8 fully saturated rings. The van der Waals surface area contributed by atoms with Crippen LogP contribution in [0.2, 0.25) is 0 Å². The zero-order chi connectivity index (χ0) is 54.1. The number of aromatic nitrogens is 2. The Bertz CT molecular complexity index is 2530. The van der Waals surface area contributed by atoms with Gasteiger partial charge in [0.2, 0.25) is 0 Å². The molecule has 21 unspecified atom stereocenters. The highest BCUT2D eigenvalue weighted by molar-refractivity contribution is 8.76. The first-order valence-corrected chi connectivity index (χ1v) is 32.7. The third-order valence-corrected chi connectivity index (χ3v) is 27.0. The number of rotatable bonds is 10. The van der Waals surface area contributed by atoms with E-state index in [1.165, 1.54) is 44.1 Å². The second kappa shape index (κ2) is 20.6. The number of nitrogens with one attached hydrogen (secondary N) is 2. The van der Waals surface area contributed by atoms with Crippen molar-refractivity contribution in [3.8, 4) is 0 Å². The Morgan fingerprint density at radius 2 is 1.73 bits per heavy atom. The fourth-order valence-electron chi connectivity index (χ4n) is 22.0. The van der Waals surface area contributed by atoms with Gasteiger partial charge in [-0.2, -0.15) is 0 Å². The predicted octanol–water partition coefficient (Wildman–Crippen LogP) is 6.70. The number of imidazole rings is 1. The number of aliphatic imine (C=N–C) groups is 1. The topological polar surface area (TPSA) is 239 Å². The molecule has 426 valence electrons. The Morgan fingerprint density at radius 1 is 0.961 bits per heavy atom. The molecule has 77 heavy (non-hydrogen) atoms. The fraction of sp³-hybridized carbons (Fsp3) is 0.820. The zero-order valence-corrected chi connectivity index (χ0v) is 48.2. The summed E-state index contributed by atoms with van der Waals surface area (Å²) in [6, 6.07) is 0.0772. The summed E-state index contributed by atoms with van der Waals surface area (Å²) in [6.45, 7) is 8.79. The maximum absolute atomic E-state index is 15.6. The normalized spacial score (nSPS) is 46.2. The van der Waals surface area contributed by atoms with E-state index in [9.17, 15) is 30.6 Å². The van der Waals surface area contributed by atoms with Crippen LogP contribution < -0.4 is 16.4 Å². The molecule has 11 aliphatic rings. The van der Waals surface area contributed by atoms with Gasteiger partial charge in [-0.3, -0.25) is 9.79 Å². The highest BCUT2D eigenvalue weighted by Crippen LogP contribution is 2.79. The largest absolute Gasteiger partial charge is 0.396 e. The molecule has 7 saturated carbocycles. The van der Waals surface area contributed by atoms with E-state index in [4.69, 9.17) is 10.7 Å². The lowest BCUT2D eigenvalue weighted by atomic mass is 9.38. The van der Waals surface area contributed by atoms with Crippen LogP contribution in [0.5, 0.6) is 0 Å². The maximum atomic E-state index is 15.6. The van der Waals surface area contributed by atoms with Crippen molar-refractivity contribution in [1.82, 2.24) is 20.2 Å². The first kappa shape index (κ1) is 55.3. The van der Waals surface area contributed by atoms with Crippen LogP contribution in [0.1, 0.15) is 143 Å². The molecule has 4 bridgehead atoms. The molecule has 1 spiro atoms. The number of guanidine groups is 1. The van der Waals surface area contributed by atoms with Gasteiger partial charge in [0.05, 0.1) is 36.8 Å². The van der Waals surface area contributed by atoms with Crippen molar-refractivity contribution in [2.75, 3.05) is 39.1 Å². The molecule has 14 nitrogen and oxygen atoms in total. The Labute approximate surface area is 465 Å². The van der Waals surface area contributed by atoms with Gasteiger partial charge in [-0.25, -0.2) is 4.98 Å². The van der Waals surface area contributed by atoms with Crippen molar-refractivity contribution < 1.29 is 40.5 Å². The van der Waals surface area contributed by atoms with Gasteiger partial charge in [-0.05, 0) is 180 Å². The third kappa shape index (κ3) is 8.16. The monoisotopic (exact) mass is 1100 g/mol. The Morgan fingerprint density at radius 3 is 2.44 bits per heavy atom. The van der Waals surface area contributed by atoms with Crippen molar-refractivity contribution >= 4 is 33.3 Å². The van der Waals surface area contributed by atoms with E-state index < -0.39 is 64.6 Å². The molecule has 1 aromatic heterocycles. The van der Waals surface area contributed by atoms with E-state index in [1.54, 1.807) is 47.6 Å². The zero-order valence-electron chi connectivity index (χ0n) is 46.5. The molecular formula is C61H92N6O8S2. The van der Waals surface area contributed by atoms with Crippen molar-refractivity contribution in [2.24, 2.45) is 103 Å². The van der Waals surface area contributed by atoms with E-state index in [2.05, 4.69) is 47.2 Å². The minimum Gasteiger partial charge on any atom is -0.396 e. The summed E-state index contributed by atoms with van der Waals surface area (Å²) in [5, 5.41) is 93.9. The number of fused-ring (bicyclic) bond motifs is 10. The lowest BCUT2D eigenvalue weighted by molar-refractivity contribution is -0.217. The van der Waals surface area contributed by atoms with Crippen LogP contribution in [0, 0.1) is 92.7 Å². The Hall–Kier alpha value is -2.25. The van der Waals surface area contributed by atoms with Gasteiger partial charge >= 0.3 is 0 Å². The number of hydrogen-bond donors (Lipinski definition) is 10. The first-order chi connectivity index (χ1) is 36.9. The minimum absolute atomic E-state index is 0.0154. The summed E-state index contributed by atoms with van der Waals surface area (Å²) in [4.78, 5) is 25.2. The van der Waals surface area contributed by atoms with Gasteiger partial charge in [-0.15, -0.1) is 0 Å². The van der Waals surface area contributed by atoms with Gasteiger partial charge < -0.3 is 56.7 Å². The molecule has 10 aliphatic carbocycles. The highest BCUT2D eigenvalue weighted by atomic mass is 33.1. The number of nitrogens with two attached hydrogens (primary N) is 1. The third-order valence-electron chi connectivity index (χ3n) is 24.0. The van der Waals surface area contributed by atoms with Gasteiger partial charge in [-0.1, -0.05) is 77.5 Å². The van der Waals surface area contributed by atoms with Crippen molar-refractivity contribution in [3.63, 3.8) is 0 Å². The number of hydrogen-bond acceptors (Lipinski definition) is 13. The average molecular weight is 1100 g/mol. The van der Waals surface area contributed by atoms with Gasteiger partial charge in [0.25, 0.3) is 0 Å². The molecule has 0 radical (unpaired) electrons. The molecule has 0 amide bonds. The predicted molar refractivity (Wildman–Crippen MR) is 302 cm³/mol. The van der Waals surface area contributed by atoms with Crippen molar-refractivity contribution in [3.05, 3.63) is 52.7 Å². The van der Waals surface area contributed by atoms with Gasteiger partial charge in [0.15, 0.2) is 11.7 Å². The average Bonchev–Trinajstić information content (AvgIpc) is 2.78. The van der Waals surface area contributed by atoms with Crippen LogP contribution in [0.4, 0.5) is 0 Å². The molecule has 16 heteroatoms. The van der Waals surface area contributed by atoms with Gasteiger partial charge in [0, 0.05) is 84.1 Å². The molecule has 0 aromatic carbocycles. The number of carbonyl (C=O) groups is 1. The molecule has 1 aromatic rings. The molecular weight excluding hydrogens is 1010 g/mol. The molecule has 21 atom stereocenters.